The first-order chi connectivity index (χ1) is 14.9. The zero-order valence-corrected chi connectivity index (χ0v) is 17.8. The molecule has 0 unspecified atom stereocenters. The minimum absolute atomic E-state index is 0.194. The second-order valence-corrected chi connectivity index (χ2v) is 8.02. The molecule has 1 fully saturated rings. The predicted octanol–water partition coefficient (Wildman–Crippen LogP) is 2.60. The van der Waals surface area contributed by atoms with Gasteiger partial charge in [-0.15, -0.1) is 0 Å². The van der Waals surface area contributed by atoms with Crippen LogP contribution in [0.1, 0.15) is 49.5 Å². The molecule has 3 N–H and O–H groups in total. The van der Waals surface area contributed by atoms with E-state index in [9.17, 15) is 9.59 Å². The number of likely N-dealkylation sites (tertiary alicyclic amines) is 1. The van der Waals surface area contributed by atoms with Gasteiger partial charge >= 0.3 is 0 Å². The van der Waals surface area contributed by atoms with Crippen molar-refractivity contribution in [3.8, 4) is 11.4 Å². The number of anilines is 1. The second kappa shape index (κ2) is 8.71. The van der Waals surface area contributed by atoms with Crippen LogP contribution in [-0.4, -0.2) is 55.9 Å². The van der Waals surface area contributed by atoms with Gasteiger partial charge in [-0.05, 0) is 38.8 Å². The number of carbonyl (C=O) groups excluding carboxylic acids is 2. The Hall–Kier alpha value is -3.49. The quantitative estimate of drug-likeness (QED) is 0.540. The lowest BCUT2D eigenvalue weighted by Crippen LogP contribution is -2.27. The van der Waals surface area contributed by atoms with Gasteiger partial charge in [-0.25, -0.2) is 15.0 Å². The highest BCUT2D eigenvalue weighted by molar-refractivity contribution is 5.93. The summed E-state index contributed by atoms with van der Waals surface area (Å²) in [5, 5.41) is 3.38. The normalized spacial score (nSPS) is 14.0. The summed E-state index contributed by atoms with van der Waals surface area (Å²) in [6.45, 7) is 6.41. The number of amides is 2. The van der Waals surface area contributed by atoms with Crippen LogP contribution in [0.3, 0.4) is 0 Å². The van der Waals surface area contributed by atoms with E-state index in [2.05, 4.69) is 24.1 Å². The largest absolute Gasteiger partial charge is 0.368 e. The molecule has 0 aliphatic carbocycles. The van der Waals surface area contributed by atoms with E-state index < -0.39 is 5.91 Å². The molecular weight excluding hydrogens is 394 g/mol. The van der Waals surface area contributed by atoms with E-state index in [1.807, 2.05) is 9.47 Å². The fraction of sp³-hybridized carbons (Fsp3) is 0.409. The first-order valence-electron chi connectivity index (χ1n) is 10.6. The van der Waals surface area contributed by atoms with E-state index in [0.717, 1.165) is 37.1 Å². The molecule has 162 valence electrons. The number of carbonyl (C=O) groups is 2. The molecule has 1 aliphatic rings. The predicted molar refractivity (Wildman–Crippen MR) is 119 cm³/mol. The highest BCUT2D eigenvalue weighted by Gasteiger charge is 2.20. The third-order valence-corrected chi connectivity index (χ3v) is 5.47. The second-order valence-electron chi connectivity index (χ2n) is 8.02. The van der Waals surface area contributed by atoms with Crippen LogP contribution in [0.15, 0.2) is 30.6 Å². The summed E-state index contributed by atoms with van der Waals surface area (Å²) in [7, 11) is 0. The Kier molecular flexibility index (Phi) is 5.83. The van der Waals surface area contributed by atoms with E-state index in [-0.39, 0.29) is 11.9 Å². The smallest absolute Gasteiger partial charge is 0.248 e. The van der Waals surface area contributed by atoms with Crippen molar-refractivity contribution in [1.29, 1.82) is 0 Å². The summed E-state index contributed by atoms with van der Waals surface area (Å²) in [6, 6.07) is 7.12. The number of benzene rings is 1. The standard InChI is InChI=1S/C22H27N7O2/c1-14(2)29-13-25-18-21(24-10-4-12-28-11-3-5-17(28)30)26-20(27-22(18)29)16-8-6-15(7-9-16)19(23)31/h6-9,13-14H,3-5,10-12H2,1-2H3,(H2,23,31)(H,24,26,27). The molecule has 0 saturated carbocycles. The zero-order valence-electron chi connectivity index (χ0n) is 17.8. The third kappa shape index (κ3) is 4.35. The van der Waals surface area contributed by atoms with Crippen LogP contribution >= 0.6 is 0 Å². The summed E-state index contributed by atoms with van der Waals surface area (Å²) >= 11 is 0. The Morgan fingerprint density at radius 2 is 2.00 bits per heavy atom. The number of fused-ring (bicyclic) bond motifs is 1. The first-order valence-corrected chi connectivity index (χ1v) is 10.6. The zero-order chi connectivity index (χ0) is 22.0. The van der Waals surface area contributed by atoms with E-state index in [1.54, 1.807) is 30.6 Å². The monoisotopic (exact) mass is 421 g/mol. The minimum Gasteiger partial charge on any atom is -0.368 e. The van der Waals surface area contributed by atoms with Gasteiger partial charge in [-0.3, -0.25) is 9.59 Å². The summed E-state index contributed by atoms with van der Waals surface area (Å²) in [5.74, 6) is 0.968. The highest BCUT2D eigenvalue weighted by atomic mass is 16.2. The molecule has 2 aromatic heterocycles. The number of hydrogen-bond acceptors (Lipinski definition) is 6. The lowest BCUT2D eigenvalue weighted by molar-refractivity contribution is -0.127. The van der Waals surface area contributed by atoms with Gasteiger partial charge in [-0.2, -0.15) is 0 Å². The van der Waals surface area contributed by atoms with Gasteiger partial charge in [0.05, 0.1) is 6.33 Å². The van der Waals surface area contributed by atoms with Crippen molar-refractivity contribution in [3.05, 3.63) is 36.2 Å². The number of hydrogen-bond donors (Lipinski definition) is 2. The Morgan fingerprint density at radius 1 is 1.23 bits per heavy atom. The molecule has 0 atom stereocenters. The molecule has 1 aliphatic heterocycles. The average molecular weight is 422 g/mol. The van der Waals surface area contributed by atoms with E-state index in [4.69, 9.17) is 15.7 Å². The van der Waals surface area contributed by atoms with Gasteiger partial charge < -0.3 is 20.5 Å². The molecule has 31 heavy (non-hydrogen) atoms. The van der Waals surface area contributed by atoms with Crippen LogP contribution in [0.2, 0.25) is 0 Å². The molecule has 0 radical (unpaired) electrons. The van der Waals surface area contributed by atoms with Crippen LogP contribution in [-0.2, 0) is 4.79 Å². The molecule has 0 bridgehead atoms. The number of imidazole rings is 1. The van der Waals surface area contributed by atoms with Gasteiger partial charge in [-0.1, -0.05) is 12.1 Å². The van der Waals surface area contributed by atoms with Crippen molar-refractivity contribution in [2.45, 2.75) is 39.2 Å². The van der Waals surface area contributed by atoms with Crippen LogP contribution in [0.4, 0.5) is 5.82 Å². The lowest BCUT2D eigenvalue weighted by atomic mass is 10.1. The fourth-order valence-electron chi connectivity index (χ4n) is 3.75. The van der Waals surface area contributed by atoms with Crippen LogP contribution in [0.5, 0.6) is 0 Å². The summed E-state index contributed by atoms with van der Waals surface area (Å²) in [4.78, 5) is 39.1. The number of primary amides is 1. The Labute approximate surface area is 180 Å². The molecule has 3 aromatic rings. The SMILES string of the molecule is CC(C)n1cnc2c(NCCCN3CCCC3=O)nc(-c3ccc(C(N)=O)cc3)nc21. The number of aromatic nitrogens is 4. The van der Waals surface area contributed by atoms with Crippen LogP contribution in [0, 0.1) is 0 Å². The fourth-order valence-corrected chi connectivity index (χ4v) is 3.75. The van der Waals surface area contributed by atoms with Gasteiger partial charge in [0, 0.05) is 43.2 Å². The van der Waals surface area contributed by atoms with Crippen molar-refractivity contribution in [1.82, 2.24) is 24.4 Å². The maximum atomic E-state index is 11.8. The van der Waals surface area contributed by atoms with Crippen molar-refractivity contribution in [3.63, 3.8) is 0 Å². The van der Waals surface area contributed by atoms with Crippen LogP contribution in [0.25, 0.3) is 22.6 Å². The molecule has 2 amide bonds. The summed E-state index contributed by atoms with van der Waals surface area (Å²) in [6.07, 6.45) is 4.21. The molecule has 1 aromatic carbocycles. The minimum atomic E-state index is -0.473. The molecule has 9 nitrogen and oxygen atoms in total. The average Bonchev–Trinajstić information content (AvgIpc) is 3.37. The molecule has 9 heteroatoms. The number of nitrogens with zero attached hydrogens (tertiary/aromatic N) is 5. The lowest BCUT2D eigenvalue weighted by Gasteiger charge is -2.16. The van der Waals surface area contributed by atoms with E-state index in [1.165, 1.54) is 0 Å². The summed E-state index contributed by atoms with van der Waals surface area (Å²) < 4.78 is 2.01. The maximum absolute atomic E-state index is 11.8. The first kappa shape index (κ1) is 20.8. The highest BCUT2D eigenvalue weighted by Crippen LogP contribution is 2.26. The van der Waals surface area contributed by atoms with Gasteiger partial charge in [0.1, 0.15) is 5.52 Å². The molecule has 3 heterocycles. The maximum Gasteiger partial charge on any atom is 0.248 e. The number of rotatable bonds is 8. The molecule has 0 spiro atoms. The van der Waals surface area contributed by atoms with Gasteiger partial charge in [0.25, 0.3) is 0 Å². The summed E-state index contributed by atoms with van der Waals surface area (Å²) in [5.41, 5.74) is 8.03. The van der Waals surface area contributed by atoms with Crippen molar-refractivity contribution in [2.75, 3.05) is 25.0 Å². The van der Waals surface area contributed by atoms with E-state index in [0.29, 0.717) is 35.7 Å². The van der Waals surface area contributed by atoms with Gasteiger partial charge in [0.2, 0.25) is 11.8 Å². The molecule has 4 rings (SSSR count). The molecular formula is C22H27N7O2. The number of nitrogens with one attached hydrogen (secondary N) is 1. The van der Waals surface area contributed by atoms with Crippen LogP contribution < -0.4 is 11.1 Å². The third-order valence-electron chi connectivity index (χ3n) is 5.47. The Bertz CT molecular complexity index is 1100. The van der Waals surface area contributed by atoms with Gasteiger partial charge in [0.15, 0.2) is 17.3 Å². The molecule has 1 saturated heterocycles. The van der Waals surface area contributed by atoms with Crippen molar-refractivity contribution < 1.29 is 9.59 Å². The van der Waals surface area contributed by atoms with E-state index >= 15 is 0 Å². The number of nitrogens with two attached hydrogens (primary N) is 1. The topological polar surface area (TPSA) is 119 Å². The van der Waals surface area contributed by atoms with Crippen molar-refractivity contribution >= 4 is 28.8 Å². The Balaban J connectivity index is 1.60. The Morgan fingerprint density at radius 3 is 2.65 bits per heavy atom. The van der Waals surface area contributed by atoms with Crippen molar-refractivity contribution in [2.24, 2.45) is 5.73 Å².